The molecule has 0 aliphatic heterocycles. The van der Waals surface area contributed by atoms with Crippen LogP contribution in [-0.2, 0) is 0 Å². The van der Waals surface area contributed by atoms with E-state index in [0.29, 0.717) is 12.1 Å². The molecule has 0 aliphatic carbocycles. The molecule has 0 saturated carbocycles. The number of rotatable bonds is 4. The smallest absolute Gasteiger partial charge is 0.207 e. The van der Waals surface area contributed by atoms with Crippen molar-refractivity contribution in [3.05, 3.63) is 118 Å². The van der Waals surface area contributed by atoms with Crippen LogP contribution in [0.25, 0.3) is 0 Å². The van der Waals surface area contributed by atoms with E-state index in [1.165, 1.54) is 0 Å². The van der Waals surface area contributed by atoms with Crippen LogP contribution in [0, 0.1) is 87.3 Å². The number of hydrogen-bond donors (Lipinski definition) is 0. The summed E-state index contributed by atoms with van der Waals surface area (Å²) in [4.78, 5) is 0. The first-order valence-electron chi connectivity index (χ1n) is 10.4. The first-order valence-corrected chi connectivity index (χ1v) is 10.4. The van der Waals surface area contributed by atoms with Crippen molar-refractivity contribution in [2.45, 2.75) is 0 Å². The van der Waals surface area contributed by atoms with Crippen LogP contribution in [0.4, 0.5) is 65.9 Å². The molecule has 0 fully saturated rings. The van der Waals surface area contributed by atoms with Gasteiger partial charge in [-0.05, 0) is 0 Å². The first kappa shape index (κ1) is 32.4. The van der Waals surface area contributed by atoms with E-state index in [2.05, 4.69) is 0 Å². The Morgan fingerprint density at radius 2 is 0.488 bits per heavy atom. The second-order valence-corrected chi connectivity index (χ2v) is 8.23. The predicted octanol–water partition coefficient (Wildman–Crippen LogP) is 2.15. The Hall–Kier alpha value is -3.11. The van der Waals surface area contributed by atoms with Crippen LogP contribution in [0.1, 0.15) is 0 Å². The number of halogens is 15. The third-order valence-corrected chi connectivity index (χ3v) is 6.33. The van der Waals surface area contributed by atoms with Gasteiger partial charge in [0.25, 0.3) is 0 Å². The maximum atomic E-state index is 15.3. The topological polar surface area (TPSA) is 0 Å². The maximum Gasteiger partial charge on any atom is 1.00 e. The molecule has 0 N–H and O–H groups in total. The second kappa shape index (κ2) is 11.3. The molecule has 0 amide bonds. The molecule has 0 aliphatic rings. The Balaban J connectivity index is 0.00000462. The van der Waals surface area contributed by atoms with Gasteiger partial charge in [-0.25, -0.2) is 65.9 Å². The molecule has 0 heterocycles. The fraction of sp³-hybridized carbons (Fsp3) is 0. The molecule has 0 atom stereocenters. The molecule has 0 bridgehead atoms. The van der Waals surface area contributed by atoms with Gasteiger partial charge < -0.3 is 0 Å². The molecular formula is C24H5BF15Na. The molecule has 17 heteroatoms. The van der Waals surface area contributed by atoms with Gasteiger partial charge >= 0.3 is 29.6 Å². The second-order valence-electron chi connectivity index (χ2n) is 8.23. The van der Waals surface area contributed by atoms with E-state index in [-0.39, 0.29) is 29.6 Å². The zero-order valence-electron chi connectivity index (χ0n) is 19.6. The Morgan fingerprint density at radius 1 is 0.293 bits per heavy atom. The molecule has 4 aromatic rings. The Kier molecular flexibility index (Phi) is 8.92. The quantitative estimate of drug-likeness (QED) is 0.144. The van der Waals surface area contributed by atoms with Crippen LogP contribution >= 0.6 is 0 Å². The van der Waals surface area contributed by atoms with Crippen LogP contribution in [0.15, 0.2) is 30.3 Å². The molecule has 0 saturated heterocycles. The fourth-order valence-corrected chi connectivity index (χ4v) is 4.68. The molecule has 0 unspecified atom stereocenters. The zero-order chi connectivity index (χ0) is 30.0. The van der Waals surface area contributed by atoms with E-state index in [4.69, 9.17) is 0 Å². The third kappa shape index (κ3) is 4.41. The van der Waals surface area contributed by atoms with E-state index in [9.17, 15) is 39.5 Å². The molecular weight excluding hydrogens is 607 g/mol. The molecule has 0 radical (unpaired) electrons. The van der Waals surface area contributed by atoms with Gasteiger partial charge in [-0.15, -0.1) is 16.4 Å². The van der Waals surface area contributed by atoms with Gasteiger partial charge in [0.05, 0.1) is 0 Å². The Morgan fingerprint density at radius 3 is 0.707 bits per heavy atom. The monoisotopic (exact) mass is 612 g/mol. The van der Waals surface area contributed by atoms with Crippen molar-refractivity contribution in [2.24, 2.45) is 0 Å². The van der Waals surface area contributed by atoms with Gasteiger partial charge in [-0.3, -0.25) is 0 Å². The van der Waals surface area contributed by atoms with Gasteiger partial charge in [-0.1, -0.05) is 30.3 Å². The largest absolute Gasteiger partial charge is 1.00 e. The van der Waals surface area contributed by atoms with Crippen LogP contribution < -0.4 is 51.4 Å². The van der Waals surface area contributed by atoms with E-state index in [1.54, 1.807) is 0 Å². The van der Waals surface area contributed by atoms with Gasteiger partial charge in [0.1, 0.15) is 41.0 Å². The van der Waals surface area contributed by atoms with Crippen molar-refractivity contribution >= 4 is 28.0 Å². The van der Waals surface area contributed by atoms with Crippen molar-refractivity contribution in [2.75, 3.05) is 0 Å². The van der Waals surface area contributed by atoms with Crippen molar-refractivity contribution in [1.82, 2.24) is 0 Å². The number of benzene rings is 4. The summed E-state index contributed by atoms with van der Waals surface area (Å²) in [6, 6.07) is 3.24. The summed E-state index contributed by atoms with van der Waals surface area (Å²) in [5.74, 6) is -45.5. The normalized spacial score (nSPS) is 11.6. The Bertz CT molecular complexity index is 1450. The predicted molar refractivity (Wildman–Crippen MR) is 109 cm³/mol. The first-order chi connectivity index (χ1) is 18.6. The summed E-state index contributed by atoms with van der Waals surface area (Å²) in [6.07, 6.45) is -5.72. The third-order valence-electron chi connectivity index (χ3n) is 6.33. The van der Waals surface area contributed by atoms with Gasteiger partial charge in [0.2, 0.25) is 0 Å². The van der Waals surface area contributed by atoms with Crippen molar-refractivity contribution in [1.29, 1.82) is 0 Å². The molecule has 4 aromatic carbocycles. The van der Waals surface area contributed by atoms with Crippen LogP contribution in [0.5, 0.6) is 0 Å². The van der Waals surface area contributed by atoms with Crippen molar-refractivity contribution < 1.29 is 95.4 Å². The number of hydrogen-bond acceptors (Lipinski definition) is 0. The minimum Gasteiger partial charge on any atom is -0.207 e. The molecule has 0 nitrogen and oxygen atoms in total. The van der Waals surface area contributed by atoms with E-state index < -0.39 is 115 Å². The molecule has 210 valence electrons. The van der Waals surface area contributed by atoms with Crippen LogP contribution in [-0.4, -0.2) is 6.15 Å². The van der Waals surface area contributed by atoms with E-state index in [0.717, 1.165) is 18.2 Å². The summed E-state index contributed by atoms with van der Waals surface area (Å²) in [5.41, 5.74) is -9.41. The van der Waals surface area contributed by atoms with Crippen molar-refractivity contribution in [3.63, 3.8) is 0 Å². The fourth-order valence-electron chi connectivity index (χ4n) is 4.68. The van der Waals surface area contributed by atoms with E-state index >= 15 is 26.3 Å². The van der Waals surface area contributed by atoms with Gasteiger partial charge in [0.15, 0.2) is 52.4 Å². The molecule has 4 rings (SSSR count). The zero-order valence-corrected chi connectivity index (χ0v) is 21.6. The van der Waals surface area contributed by atoms with Gasteiger partial charge in [-0.2, -0.15) is 5.46 Å². The average molecular weight is 612 g/mol. The standard InChI is InChI=1S/C24H5BF15.Na/c26-10-7(11(27)17(33)22(38)16(10)32)25(6-4-2-1-3-5-6,8-12(28)18(34)23(39)19(35)13(8)29)9-14(30)20(36)24(40)21(37)15(9)31;/h1-5H;/q-1;+1. The Labute approximate surface area is 240 Å². The molecule has 0 aromatic heterocycles. The molecule has 41 heavy (non-hydrogen) atoms. The summed E-state index contributed by atoms with van der Waals surface area (Å²) in [5, 5.41) is 0. The van der Waals surface area contributed by atoms with E-state index in [1.807, 2.05) is 0 Å². The van der Waals surface area contributed by atoms with Crippen LogP contribution in [0.2, 0.25) is 0 Å². The summed E-state index contributed by atoms with van der Waals surface area (Å²) >= 11 is 0. The van der Waals surface area contributed by atoms with Crippen molar-refractivity contribution in [3.8, 4) is 0 Å². The minimum absolute atomic E-state index is 0. The summed E-state index contributed by atoms with van der Waals surface area (Å²) in [6.45, 7) is 0. The van der Waals surface area contributed by atoms with Gasteiger partial charge in [0, 0.05) is 0 Å². The summed E-state index contributed by atoms with van der Waals surface area (Å²) < 4.78 is 220. The minimum atomic E-state index is -5.72. The average Bonchev–Trinajstić information content (AvgIpc) is 2.95. The van der Waals surface area contributed by atoms with Crippen LogP contribution in [0.3, 0.4) is 0 Å². The molecule has 0 spiro atoms. The summed E-state index contributed by atoms with van der Waals surface area (Å²) in [7, 11) is 0. The maximum absolute atomic E-state index is 15.3. The SMILES string of the molecule is Fc1c(F)c(F)c([B-](c2ccccc2)(c2c(F)c(F)c(F)c(F)c2F)c2c(F)c(F)c(F)c(F)c2F)c(F)c1F.[Na+].